The highest BCUT2D eigenvalue weighted by atomic mass is 16.5. The molecule has 0 saturated carbocycles. The lowest BCUT2D eigenvalue weighted by atomic mass is 10.1. The monoisotopic (exact) mass is 328 g/mol. The van der Waals surface area contributed by atoms with Gasteiger partial charge in [0.1, 0.15) is 50.8 Å². The number of rotatable bonds is 6. The van der Waals surface area contributed by atoms with Crippen molar-refractivity contribution in [3.8, 4) is 11.5 Å². The summed E-state index contributed by atoms with van der Waals surface area (Å²) in [6.45, 7) is 6.88. The van der Waals surface area contributed by atoms with Crippen LogP contribution in [0.3, 0.4) is 0 Å². The summed E-state index contributed by atoms with van der Waals surface area (Å²) in [4.78, 5) is 3.28. The Morgan fingerprint density at radius 1 is 0.667 bits per heavy atom. The number of ether oxygens (including phenoxy) is 2. The molecule has 0 unspecified atom stereocenters. The van der Waals surface area contributed by atoms with Crippen molar-refractivity contribution in [1.82, 2.24) is 0 Å². The van der Waals surface area contributed by atoms with Gasteiger partial charge in [-0.25, -0.2) is 0 Å². The van der Waals surface area contributed by atoms with E-state index in [2.05, 4.69) is 36.4 Å². The minimum Gasteiger partial charge on any atom is -0.496 e. The SMILES string of the molecule is COc1ccccc1C[NH+]1CC[NH+](Cc2ccccc2OC)CC1. The average Bonchev–Trinajstić information content (AvgIpc) is 2.64. The molecule has 0 bridgehead atoms. The van der Waals surface area contributed by atoms with E-state index in [4.69, 9.17) is 9.47 Å². The molecule has 1 heterocycles. The van der Waals surface area contributed by atoms with Crippen molar-refractivity contribution >= 4 is 0 Å². The maximum absolute atomic E-state index is 5.48. The second kappa shape index (κ2) is 8.18. The molecule has 0 radical (unpaired) electrons. The molecule has 1 aliphatic rings. The Morgan fingerprint density at radius 3 is 1.42 bits per heavy atom. The van der Waals surface area contributed by atoms with Crippen LogP contribution in [0.5, 0.6) is 11.5 Å². The van der Waals surface area contributed by atoms with E-state index in [1.165, 1.54) is 37.3 Å². The third-order valence-electron chi connectivity index (χ3n) is 4.93. The standard InChI is InChI=1S/C20H26N2O2/c1-23-19-9-5-3-7-17(19)15-21-11-13-22(14-12-21)16-18-8-4-6-10-20(18)24-2/h3-10H,11-16H2,1-2H3/p+2. The number of quaternary nitrogens is 2. The van der Waals surface area contributed by atoms with E-state index in [1.54, 1.807) is 24.0 Å². The summed E-state index contributed by atoms with van der Waals surface area (Å²) in [6, 6.07) is 16.7. The molecule has 1 aliphatic heterocycles. The fraction of sp³-hybridized carbons (Fsp3) is 0.400. The molecular weight excluding hydrogens is 300 g/mol. The van der Waals surface area contributed by atoms with Gasteiger partial charge < -0.3 is 19.3 Å². The smallest absolute Gasteiger partial charge is 0.127 e. The zero-order valence-corrected chi connectivity index (χ0v) is 14.7. The number of para-hydroxylation sites is 2. The van der Waals surface area contributed by atoms with Gasteiger partial charge in [0.25, 0.3) is 0 Å². The molecule has 4 heteroatoms. The third kappa shape index (κ3) is 4.08. The van der Waals surface area contributed by atoms with Gasteiger partial charge in [0.05, 0.1) is 14.2 Å². The van der Waals surface area contributed by atoms with Gasteiger partial charge in [-0.1, -0.05) is 24.3 Å². The Labute approximate surface area is 144 Å². The summed E-state index contributed by atoms with van der Waals surface area (Å²) in [5, 5.41) is 0. The largest absolute Gasteiger partial charge is 0.496 e. The predicted molar refractivity (Wildman–Crippen MR) is 94.8 cm³/mol. The number of hydrogen-bond acceptors (Lipinski definition) is 2. The Bertz CT molecular complexity index is 594. The highest BCUT2D eigenvalue weighted by Gasteiger charge is 2.24. The number of nitrogens with one attached hydrogen (secondary N) is 2. The molecule has 24 heavy (non-hydrogen) atoms. The molecule has 2 aromatic carbocycles. The molecule has 1 fully saturated rings. The lowest BCUT2D eigenvalue weighted by Gasteiger charge is -2.30. The highest BCUT2D eigenvalue weighted by Crippen LogP contribution is 2.16. The van der Waals surface area contributed by atoms with Crippen LogP contribution in [0.2, 0.25) is 0 Å². The van der Waals surface area contributed by atoms with E-state index >= 15 is 0 Å². The maximum Gasteiger partial charge on any atom is 0.127 e. The van der Waals surface area contributed by atoms with Crippen LogP contribution in [0.1, 0.15) is 11.1 Å². The quantitative estimate of drug-likeness (QED) is 0.792. The van der Waals surface area contributed by atoms with Gasteiger partial charge in [-0.2, -0.15) is 0 Å². The van der Waals surface area contributed by atoms with Gasteiger partial charge >= 0.3 is 0 Å². The molecular formula is C20H28N2O2+2. The van der Waals surface area contributed by atoms with E-state index < -0.39 is 0 Å². The molecule has 0 aromatic heterocycles. The van der Waals surface area contributed by atoms with E-state index in [9.17, 15) is 0 Å². The van der Waals surface area contributed by atoms with Crippen molar-refractivity contribution in [2.45, 2.75) is 13.1 Å². The first-order valence-corrected chi connectivity index (χ1v) is 8.71. The fourth-order valence-electron chi connectivity index (χ4n) is 3.55. The number of piperazine rings is 1. The van der Waals surface area contributed by atoms with Crippen molar-refractivity contribution in [1.29, 1.82) is 0 Å². The summed E-state index contributed by atoms with van der Waals surface area (Å²) in [7, 11) is 3.51. The lowest BCUT2D eigenvalue weighted by molar-refractivity contribution is -1.02. The van der Waals surface area contributed by atoms with Crippen molar-refractivity contribution in [3.63, 3.8) is 0 Å². The minimum absolute atomic E-state index is 1.01. The van der Waals surface area contributed by atoms with Crippen LogP contribution in [0.25, 0.3) is 0 Å². The van der Waals surface area contributed by atoms with Crippen molar-refractivity contribution in [2.24, 2.45) is 0 Å². The Hall–Kier alpha value is -2.04. The molecule has 3 rings (SSSR count). The maximum atomic E-state index is 5.48. The van der Waals surface area contributed by atoms with Crippen LogP contribution in [0, 0.1) is 0 Å². The normalized spacial score (nSPS) is 20.6. The molecule has 1 saturated heterocycles. The van der Waals surface area contributed by atoms with Crippen LogP contribution in [0.15, 0.2) is 48.5 Å². The van der Waals surface area contributed by atoms with Crippen LogP contribution in [-0.4, -0.2) is 40.4 Å². The summed E-state index contributed by atoms with van der Waals surface area (Å²) in [6.07, 6.45) is 0. The Kier molecular flexibility index (Phi) is 5.72. The van der Waals surface area contributed by atoms with Gasteiger partial charge in [0, 0.05) is 11.1 Å². The lowest BCUT2D eigenvalue weighted by Crippen LogP contribution is -3.27. The van der Waals surface area contributed by atoms with Gasteiger partial charge in [-0.15, -0.1) is 0 Å². The molecule has 0 spiro atoms. The van der Waals surface area contributed by atoms with E-state index in [-0.39, 0.29) is 0 Å². The van der Waals surface area contributed by atoms with E-state index in [1.807, 2.05) is 12.1 Å². The van der Waals surface area contributed by atoms with Gasteiger partial charge in [0.15, 0.2) is 0 Å². The van der Waals surface area contributed by atoms with E-state index in [0.29, 0.717) is 0 Å². The average molecular weight is 328 g/mol. The molecule has 0 aliphatic carbocycles. The first-order chi connectivity index (χ1) is 11.8. The minimum atomic E-state index is 1.01. The molecule has 2 aromatic rings. The summed E-state index contributed by atoms with van der Waals surface area (Å²) < 4.78 is 11.0. The van der Waals surface area contributed by atoms with Crippen molar-refractivity contribution < 1.29 is 19.3 Å². The van der Waals surface area contributed by atoms with Crippen LogP contribution < -0.4 is 19.3 Å². The molecule has 0 amide bonds. The summed E-state index contributed by atoms with van der Waals surface area (Å²) in [5.41, 5.74) is 2.62. The molecule has 4 nitrogen and oxygen atoms in total. The first kappa shape index (κ1) is 16.8. The molecule has 2 N–H and O–H groups in total. The van der Waals surface area contributed by atoms with Crippen LogP contribution in [-0.2, 0) is 13.1 Å². The predicted octanol–water partition coefficient (Wildman–Crippen LogP) is 0.187. The van der Waals surface area contributed by atoms with E-state index in [0.717, 1.165) is 24.6 Å². The summed E-state index contributed by atoms with van der Waals surface area (Å²) in [5.74, 6) is 2.02. The zero-order valence-electron chi connectivity index (χ0n) is 14.7. The van der Waals surface area contributed by atoms with Crippen molar-refractivity contribution in [2.75, 3.05) is 40.4 Å². The zero-order chi connectivity index (χ0) is 16.8. The second-order valence-electron chi connectivity index (χ2n) is 6.48. The third-order valence-corrected chi connectivity index (χ3v) is 4.93. The Balaban J connectivity index is 1.54. The first-order valence-electron chi connectivity index (χ1n) is 8.71. The highest BCUT2D eigenvalue weighted by molar-refractivity contribution is 5.33. The summed E-state index contributed by atoms with van der Waals surface area (Å²) >= 11 is 0. The van der Waals surface area contributed by atoms with Gasteiger partial charge in [0.2, 0.25) is 0 Å². The topological polar surface area (TPSA) is 27.3 Å². The van der Waals surface area contributed by atoms with Crippen LogP contribution >= 0.6 is 0 Å². The van der Waals surface area contributed by atoms with Crippen LogP contribution in [0.4, 0.5) is 0 Å². The fourth-order valence-corrected chi connectivity index (χ4v) is 3.55. The number of methoxy groups -OCH3 is 2. The van der Waals surface area contributed by atoms with Gasteiger partial charge in [-0.05, 0) is 24.3 Å². The van der Waals surface area contributed by atoms with Crippen molar-refractivity contribution in [3.05, 3.63) is 59.7 Å². The Morgan fingerprint density at radius 2 is 1.04 bits per heavy atom. The second-order valence-corrected chi connectivity index (χ2v) is 6.48. The number of hydrogen-bond donors (Lipinski definition) is 2. The number of benzene rings is 2. The van der Waals surface area contributed by atoms with Gasteiger partial charge in [-0.3, -0.25) is 0 Å². The molecule has 128 valence electrons. The molecule has 0 atom stereocenters.